The molecule has 2 rings (SSSR count). The van der Waals surface area contributed by atoms with E-state index in [1.165, 1.54) is 5.56 Å². The maximum absolute atomic E-state index is 5.93. The first-order valence-electron chi connectivity index (χ1n) is 7.42. The molecule has 0 bridgehead atoms. The van der Waals surface area contributed by atoms with Gasteiger partial charge in [-0.2, -0.15) is 0 Å². The summed E-state index contributed by atoms with van der Waals surface area (Å²) in [7, 11) is 3.92. The quantitative estimate of drug-likeness (QED) is 0.774. The Hall–Kier alpha value is -1.10. The van der Waals surface area contributed by atoms with Gasteiger partial charge < -0.3 is 14.8 Å². The number of ether oxygens (including phenoxy) is 2. The Morgan fingerprint density at radius 1 is 1.40 bits per heavy atom. The molecule has 1 N–H and O–H groups in total. The second-order valence-electron chi connectivity index (χ2n) is 5.28. The average Bonchev–Trinajstić information content (AvgIpc) is 2.48. The molecule has 2 unspecified atom stereocenters. The van der Waals surface area contributed by atoms with Gasteiger partial charge in [-0.15, -0.1) is 0 Å². The van der Waals surface area contributed by atoms with Crippen molar-refractivity contribution in [2.75, 3.05) is 40.5 Å². The van der Waals surface area contributed by atoms with Gasteiger partial charge >= 0.3 is 0 Å². The Morgan fingerprint density at radius 2 is 2.20 bits per heavy atom. The van der Waals surface area contributed by atoms with Crippen molar-refractivity contribution >= 4 is 0 Å². The van der Waals surface area contributed by atoms with E-state index < -0.39 is 0 Å². The van der Waals surface area contributed by atoms with Crippen molar-refractivity contribution < 1.29 is 9.47 Å². The van der Waals surface area contributed by atoms with E-state index >= 15 is 0 Å². The van der Waals surface area contributed by atoms with E-state index in [4.69, 9.17) is 9.47 Å². The van der Waals surface area contributed by atoms with Gasteiger partial charge in [0.05, 0.1) is 12.1 Å². The average molecular weight is 278 g/mol. The number of nitrogens with one attached hydrogen (secondary N) is 1. The Labute approximate surface area is 122 Å². The minimum atomic E-state index is 0.331. The summed E-state index contributed by atoms with van der Waals surface area (Å²) in [5, 5.41) is 3.61. The third-order valence-corrected chi connectivity index (χ3v) is 3.90. The van der Waals surface area contributed by atoms with Gasteiger partial charge in [-0.3, -0.25) is 4.90 Å². The van der Waals surface area contributed by atoms with E-state index in [-0.39, 0.29) is 0 Å². The molecule has 2 atom stereocenters. The number of methoxy groups -OCH3 is 1. The van der Waals surface area contributed by atoms with Crippen LogP contribution in [0.5, 0.6) is 5.75 Å². The molecule has 0 radical (unpaired) electrons. The zero-order valence-electron chi connectivity index (χ0n) is 12.8. The van der Waals surface area contributed by atoms with Crippen LogP contribution in [0.4, 0.5) is 0 Å². The van der Waals surface area contributed by atoms with Crippen LogP contribution in [-0.4, -0.2) is 51.4 Å². The lowest BCUT2D eigenvalue weighted by molar-refractivity contribution is 0.0958. The number of likely N-dealkylation sites (N-methyl/N-ethyl adjacent to an activating group) is 2. The highest BCUT2D eigenvalue weighted by atomic mass is 16.5. The van der Waals surface area contributed by atoms with Gasteiger partial charge in [-0.25, -0.2) is 0 Å². The molecule has 1 aromatic rings. The number of para-hydroxylation sites is 1. The van der Waals surface area contributed by atoms with Crippen molar-refractivity contribution in [3.05, 3.63) is 29.8 Å². The molecule has 0 fully saturated rings. The van der Waals surface area contributed by atoms with Gasteiger partial charge in [0.2, 0.25) is 0 Å². The fourth-order valence-corrected chi connectivity index (χ4v) is 2.82. The van der Waals surface area contributed by atoms with E-state index in [1.807, 2.05) is 6.07 Å². The highest BCUT2D eigenvalue weighted by Crippen LogP contribution is 2.33. The molecule has 4 nitrogen and oxygen atoms in total. The summed E-state index contributed by atoms with van der Waals surface area (Å²) in [5.74, 6) is 1.01. The van der Waals surface area contributed by atoms with Gasteiger partial charge in [0, 0.05) is 25.8 Å². The molecule has 0 saturated heterocycles. The molecule has 4 heteroatoms. The monoisotopic (exact) mass is 278 g/mol. The number of hydrogen-bond donors (Lipinski definition) is 1. The molecular weight excluding hydrogens is 252 g/mol. The molecule has 112 valence electrons. The van der Waals surface area contributed by atoms with E-state index in [9.17, 15) is 0 Å². The lowest BCUT2D eigenvalue weighted by Gasteiger charge is -2.39. The fraction of sp³-hybridized carbons (Fsp3) is 0.625. The first-order valence-corrected chi connectivity index (χ1v) is 7.42. The standard InChI is InChI=1S/C16H26N2O2/c1-4-17-16-13-8-5-6-9-15(13)20-12-14(16)18(2)10-7-11-19-3/h5-6,8-9,14,16-17H,4,7,10-12H2,1-3H3. The van der Waals surface area contributed by atoms with Crippen molar-refractivity contribution in [2.24, 2.45) is 0 Å². The molecule has 1 aromatic carbocycles. The normalized spacial score (nSPS) is 21.6. The van der Waals surface area contributed by atoms with Crippen LogP contribution in [0.2, 0.25) is 0 Å². The summed E-state index contributed by atoms with van der Waals surface area (Å²) in [6.07, 6.45) is 1.05. The maximum atomic E-state index is 5.93. The zero-order chi connectivity index (χ0) is 14.4. The summed E-state index contributed by atoms with van der Waals surface area (Å²) in [5.41, 5.74) is 1.27. The highest BCUT2D eigenvalue weighted by molar-refractivity contribution is 5.38. The Bertz CT molecular complexity index is 411. The van der Waals surface area contributed by atoms with E-state index in [0.29, 0.717) is 12.1 Å². The van der Waals surface area contributed by atoms with E-state index in [1.54, 1.807) is 7.11 Å². The molecule has 0 spiro atoms. The van der Waals surface area contributed by atoms with Gasteiger partial charge in [0.1, 0.15) is 12.4 Å². The van der Waals surface area contributed by atoms with Gasteiger partial charge in [-0.05, 0) is 26.1 Å². The van der Waals surface area contributed by atoms with Crippen LogP contribution in [0.15, 0.2) is 24.3 Å². The second kappa shape index (κ2) is 7.62. The summed E-state index contributed by atoms with van der Waals surface area (Å²) in [6.45, 7) is 5.67. The van der Waals surface area contributed by atoms with Crippen LogP contribution < -0.4 is 10.1 Å². The summed E-state index contributed by atoms with van der Waals surface area (Å²) in [6, 6.07) is 9.03. The first kappa shape index (κ1) is 15.3. The van der Waals surface area contributed by atoms with Crippen LogP contribution >= 0.6 is 0 Å². The number of nitrogens with zero attached hydrogens (tertiary/aromatic N) is 1. The largest absolute Gasteiger partial charge is 0.492 e. The Balaban J connectivity index is 2.09. The Morgan fingerprint density at radius 3 is 2.95 bits per heavy atom. The molecule has 0 aliphatic carbocycles. The first-order chi connectivity index (χ1) is 9.77. The van der Waals surface area contributed by atoms with Crippen molar-refractivity contribution in [1.29, 1.82) is 0 Å². The third-order valence-electron chi connectivity index (χ3n) is 3.90. The van der Waals surface area contributed by atoms with Crippen molar-refractivity contribution in [2.45, 2.75) is 25.4 Å². The molecular formula is C16H26N2O2. The summed E-state index contributed by atoms with van der Waals surface area (Å²) < 4.78 is 11.1. The van der Waals surface area contributed by atoms with E-state index in [2.05, 4.69) is 42.4 Å². The summed E-state index contributed by atoms with van der Waals surface area (Å²) >= 11 is 0. The molecule has 1 aliphatic rings. The maximum Gasteiger partial charge on any atom is 0.124 e. The van der Waals surface area contributed by atoms with Crippen LogP contribution in [-0.2, 0) is 4.74 Å². The third kappa shape index (κ3) is 3.51. The van der Waals surface area contributed by atoms with Crippen LogP contribution in [0.25, 0.3) is 0 Å². The Kier molecular flexibility index (Phi) is 5.83. The second-order valence-corrected chi connectivity index (χ2v) is 5.28. The summed E-state index contributed by atoms with van der Waals surface area (Å²) in [4.78, 5) is 2.38. The molecule has 0 aromatic heterocycles. The van der Waals surface area contributed by atoms with Crippen molar-refractivity contribution in [3.8, 4) is 5.75 Å². The zero-order valence-corrected chi connectivity index (χ0v) is 12.8. The lowest BCUT2D eigenvalue weighted by Crippen LogP contribution is -2.49. The highest BCUT2D eigenvalue weighted by Gasteiger charge is 2.32. The molecule has 20 heavy (non-hydrogen) atoms. The molecule has 0 amide bonds. The predicted molar refractivity (Wildman–Crippen MR) is 81.3 cm³/mol. The topological polar surface area (TPSA) is 33.7 Å². The lowest BCUT2D eigenvalue weighted by atomic mass is 9.95. The number of hydrogen-bond acceptors (Lipinski definition) is 4. The minimum absolute atomic E-state index is 0.331. The van der Waals surface area contributed by atoms with Crippen LogP contribution in [0.3, 0.4) is 0 Å². The van der Waals surface area contributed by atoms with Crippen molar-refractivity contribution in [1.82, 2.24) is 10.2 Å². The predicted octanol–water partition coefficient (Wildman–Crippen LogP) is 2.07. The minimum Gasteiger partial charge on any atom is -0.492 e. The molecule has 0 saturated carbocycles. The number of benzene rings is 1. The van der Waals surface area contributed by atoms with Crippen LogP contribution in [0, 0.1) is 0 Å². The van der Waals surface area contributed by atoms with Crippen molar-refractivity contribution in [3.63, 3.8) is 0 Å². The van der Waals surface area contributed by atoms with E-state index in [0.717, 1.165) is 38.5 Å². The SMILES string of the molecule is CCNC1c2ccccc2OCC1N(C)CCCOC. The van der Waals surface area contributed by atoms with Gasteiger partial charge in [0.25, 0.3) is 0 Å². The number of fused-ring (bicyclic) bond motifs is 1. The van der Waals surface area contributed by atoms with Gasteiger partial charge in [0.15, 0.2) is 0 Å². The fourth-order valence-electron chi connectivity index (χ4n) is 2.82. The smallest absolute Gasteiger partial charge is 0.124 e. The molecule has 1 heterocycles. The number of rotatable bonds is 7. The van der Waals surface area contributed by atoms with Gasteiger partial charge in [-0.1, -0.05) is 25.1 Å². The molecule has 1 aliphatic heterocycles. The van der Waals surface area contributed by atoms with Crippen LogP contribution in [0.1, 0.15) is 24.9 Å².